The van der Waals surface area contributed by atoms with Gasteiger partial charge in [0.1, 0.15) is 12.8 Å². The minimum absolute atomic E-state index is 0. The molecule has 382 valence electrons. The summed E-state index contributed by atoms with van der Waals surface area (Å²) >= 11 is 32.9. The van der Waals surface area contributed by atoms with Gasteiger partial charge in [-0.2, -0.15) is 0 Å². The van der Waals surface area contributed by atoms with Crippen LogP contribution < -0.4 is 0 Å². The molecule has 0 aliphatic heterocycles. The highest BCUT2D eigenvalue weighted by molar-refractivity contribution is 6.40. The number of benzene rings is 5. The lowest BCUT2D eigenvalue weighted by molar-refractivity contribution is 0.0639. The Hall–Kier alpha value is -5.06. The lowest BCUT2D eigenvalue weighted by Gasteiger charge is -2.24. The van der Waals surface area contributed by atoms with Crippen LogP contribution in [0, 0.1) is 0 Å². The molecule has 13 heteroatoms. The Kier molecular flexibility index (Phi) is 24.7. The fraction of sp³-hybridized carbons (Fsp3) is 0.254. The molecular formula is C59H65Cl6N3O4. The van der Waals surface area contributed by atoms with E-state index < -0.39 is 5.41 Å². The summed E-state index contributed by atoms with van der Waals surface area (Å²) < 4.78 is 13.0. The van der Waals surface area contributed by atoms with Crippen molar-refractivity contribution >= 4 is 115 Å². The predicted molar refractivity (Wildman–Crippen MR) is 310 cm³/mol. The Morgan fingerprint density at radius 3 is 1.57 bits per heavy atom. The molecule has 0 radical (unpaired) electrons. The van der Waals surface area contributed by atoms with Crippen LogP contribution in [0.25, 0.3) is 32.7 Å². The molecule has 72 heavy (non-hydrogen) atoms. The maximum Gasteiger partial charge on any atom is 0.152 e. The van der Waals surface area contributed by atoms with E-state index in [-0.39, 0.29) is 29.7 Å². The first-order valence-corrected chi connectivity index (χ1v) is 25.2. The van der Waals surface area contributed by atoms with Crippen LogP contribution in [0.5, 0.6) is 0 Å². The lowest BCUT2D eigenvalue weighted by atomic mass is 9.87. The minimum Gasteiger partial charge on any atom is -0.361 e. The quantitative estimate of drug-likeness (QED) is 0.0608. The number of aromatic nitrogens is 3. The van der Waals surface area contributed by atoms with E-state index in [0.717, 1.165) is 73.1 Å². The van der Waals surface area contributed by atoms with Crippen LogP contribution in [0.4, 0.5) is 0 Å². The molecule has 0 atom stereocenters. The van der Waals surface area contributed by atoms with Crippen molar-refractivity contribution in [3.8, 4) is 0 Å². The standard InChI is InChI=1S/C22H22ClNO2.C14H14ClNO.C13H14ClN.C8H9ClO.CH2Cl2.CH4/c1-4-22(2,3)21-19(13-25)18-11-10-17(23)12-20(18)24(21)15-26-14-16-8-6-5-7-9-16;1-4-14(2,3)13-11(8-17)10-6-5-9(15)7-12(10)16-13;1-4-13(2,3)12-7-9-5-6-10(14)8-11(9)15-12;9-7-10-6-8-4-2-1-3-5-8;2-1-3;/h4-13H,1,14-15H2,2-3H3;4-8,16H,1H2,2-3H3;4-8,15H,1H2,2-3H3;1-5H,6-7H2;1H2;1H4. The molecule has 0 fully saturated rings. The second kappa shape index (κ2) is 29.0. The van der Waals surface area contributed by atoms with Gasteiger partial charge in [-0.3, -0.25) is 9.59 Å². The number of alkyl halides is 3. The highest BCUT2D eigenvalue weighted by atomic mass is 35.5. The number of allylic oxidation sites excluding steroid dienone is 3. The number of aromatic amines is 2. The molecule has 5 aromatic carbocycles. The van der Waals surface area contributed by atoms with Crippen molar-refractivity contribution in [1.82, 2.24) is 14.5 Å². The van der Waals surface area contributed by atoms with Crippen molar-refractivity contribution in [3.63, 3.8) is 0 Å². The molecule has 3 heterocycles. The number of ether oxygens (including phenoxy) is 2. The molecule has 0 amide bonds. The van der Waals surface area contributed by atoms with E-state index in [1.54, 1.807) is 12.1 Å². The van der Waals surface area contributed by atoms with Crippen molar-refractivity contribution in [2.45, 2.75) is 85.2 Å². The summed E-state index contributed by atoms with van der Waals surface area (Å²) in [6, 6.07) is 39.3. The largest absolute Gasteiger partial charge is 0.361 e. The number of halogens is 6. The van der Waals surface area contributed by atoms with E-state index in [4.69, 9.17) is 79.1 Å². The smallest absolute Gasteiger partial charge is 0.152 e. The van der Waals surface area contributed by atoms with Gasteiger partial charge in [0.05, 0.1) is 24.1 Å². The molecule has 0 saturated carbocycles. The minimum atomic E-state index is -0.391. The number of aldehydes is 2. The number of nitrogens with one attached hydrogen (secondary N) is 2. The predicted octanol–water partition coefficient (Wildman–Crippen LogP) is 18.6. The van der Waals surface area contributed by atoms with Crippen LogP contribution in [0.1, 0.15) is 97.9 Å². The van der Waals surface area contributed by atoms with Gasteiger partial charge < -0.3 is 24.0 Å². The van der Waals surface area contributed by atoms with Gasteiger partial charge in [0.2, 0.25) is 0 Å². The van der Waals surface area contributed by atoms with Crippen molar-refractivity contribution in [3.05, 3.63) is 214 Å². The molecular weight excluding hydrogens is 1030 g/mol. The van der Waals surface area contributed by atoms with E-state index in [9.17, 15) is 9.59 Å². The second-order valence-electron chi connectivity index (χ2n) is 17.9. The number of carbonyl (C=O) groups is 2. The third kappa shape index (κ3) is 16.5. The van der Waals surface area contributed by atoms with Crippen molar-refractivity contribution in [1.29, 1.82) is 0 Å². The Bertz CT molecular complexity index is 3010. The Morgan fingerprint density at radius 1 is 0.569 bits per heavy atom. The zero-order valence-electron chi connectivity index (χ0n) is 40.9. The zero-order chi connectivity index (χ0) is 52.4. The average Bonchev–Trinajstić information content (AvgIpc) is 4.07. The summed E-state index contributed by atoms with van der Waals surface area (Å²) in [6.45, 7) is 25.4. The molecule has 0 spiro atoms. The molecule has 0 aliphatic rings. The first-order valence-electron chi connectivity index (χ1n) is 22.5. The number of H-pyrrole nitrogens is 2. The van der Waals surface area contributed by atoms with Crippen molar-refractivity contribution < 1.29 is 19.1 Å². The van der Waals surface area contributed by atoms with Crippen LogP contribution in [-0.4, -0.2) is 38.5 Å². The van der Waals surface area contributed by atoms with Crippen LogP contribution in [0.2, 0.25) is 15.1 Å². The maximum absolute atomic E-state index is 11.9. The van der Waals surface area contributed by atoms with Gasteiger partial charge in [-0.05, 0) is 59.0 Å². The topological polar surface area (TPSA) is 89.1 Å². The number of rotatable bonds is 15. The highest BCUT2D eigenvalue weighted by Gasteiger charge is 2.28. The lowest BCUT2D eigenvalue weighted by Crippen LogP contribution is -2.21. The van der Waals surface area contributed by atoms with Crippen LogP contribution >= 0.6 is 69.6 Å². The molecule has 2 N–H and O–H groups in total. The monoisotopic (exact) mass is 1090 g/mol. The summed E-state index contributed by atoms with van der Waals surface area (Å²) in [4.78, 5) is 29.8. The summed E-state index contributed by atoms with van der Waals surface area (Å²) in [5, 5.41) is 5.18. The van der Waals surface area contributed by atoms with E-state index >= 15 is 0 Å². The molecule has 3 aromatic heterocycles. The maximum atomic E-state index is 11.9. The number of carbonyl (C=O) groups excluding carboxylic acids is 2. The fourth-order valence-corrected chi connectivity index (χ4v) is 8.02. The summed E-state index contributed by atoms with van der Waals surface area (Å²) in [7, 11) is 0. The van der Waals surface area contributed by atoms with Crippen molar-refractivity contribution in [2.24, 2.45) is 0 Å². The fourth-order valence-electron chi connectivity index (χ4n) is 7.43. The van der Waals surface area contributed by atoms with Gasteiger partial charge in [0.15, 0.2) is 12.6 Å². The Labute approximate surface area is 455 Å². The first kappa shape index (κ1) is 61.2. The van der Waals surface area contributed by atoms with E-state index in [2.05, 4.69) is 49.6 Å². The zero-order valence-corrected chi connectivity index (χ0v) is 45.5. The summed E-state index contributed by atoms with van der Waals surface area (Å²) in [6.07, 6.45) is 7.41. The highest BCUT2D eigenvalue weighted by Crippen LogP contribution is 2.37. The van der Waals surface area contributed by atoms with E-state index in [1.165, 1.54) is 5.39 Å². The molecule has 0 saturated heterocycles. The van der Waals surface area contributed by atoms with Crippen molar-refractivity contribution in [2.75, 3.05) is 11.4 Å². The summed E-state index contributed by atoms with van der Waals surface area (Å²) in [5.41, 5.74) is 8.65. The molecule has 0 bridgehead atoms. The van der Waals surface area contributed by atoms with Gasteiger partial charge in [-0.25, -0.2) is 0 Å². The van der Waals surface area contributed by atoms with Gasteiger partial charge in [-0.15, -0.1) is 42.9 Å². The third-order valence-electron chi connectivity index (χ3n) is 11.7. The van der Waals surface area contributed by atoms with Gasteiger partial charge in [0, 0.05) is 81.3 Å². The van der Waals surface area contributed by atoms with Gasteiger partial charge in [-0.1, -0.05) is 192 Å². The second-order valence-corrected chi connectivity index (χ2v) is 20.2. The van der Waals surface area contributed by atoms with Crippen LogP contribution in [0.3, 0.4) is 0 Å². The normalized spacial score (nSPS) is 11.1. The number of nitrogens with zero attached hydrogens (tertiary/aromatic N) is 1. The Balaban J connectivity index is 0.000000260. The van der Waals surface area contributed by atoms with E-state index in [1.807, 2.05) is 154 Å². The molecule has 0 unspecified atom stereocenters. The summed E-state index contributed by atoms with van der Waals surface area (Å²) in [5.74, 6) is 0. The average molecular weight is 1090 g/mol. The Morgan fingerprint density at radius 2 is 1.06 bits per heavy atom. The number of hydrogen-bond donors (Lipinski definition) is 2. The van der Waals surface area contributed by atoms with E-state index in [0.29, 0.717) is 41.1 Å². The third-order valence-corrected chi connectivity index (χ3v) is 12.5. The molecule has 0 aliphatic carbocycles. The van der Waals surface area contributed by atoms with Gasteiger partial charge >= 0.3 is 0 Å². The molecule has 8 aromatic rings. The first-order chi connectivity index (χ1) is 33.8. The molecule has 8 rings (SSSR count). The van der Waals surface area contributed by atoms with Crippen LogP contribution in [0.15, 0.2) is 159 Å². The SMILES string of the molecule is C.C=CC(C)(C)c1[nH]c2cc(Cl)ccc2c1C=O.C=CC(C)(C)c1c(C=O)c2ccc(Cl)cc2n1COCc1ccccc1.C=CC(C)(C)c1cc2ccc(Cl)cc2[nH]1.ClCCl.ClCOCc1ccccc1. The van der Waals surface area contributed by atoms with Crippen LogP contribution in [-0.2, 0) is 45.7 Å². The number of fused-ring (bicyclic) bond motifs is 3. The number of hydrogen-bond acceptors (Lipinski definition) is 4. The molecule has 7 nitrogen and oxygen atoms in total. The van der Waals surface area contributed by atoms with Gasteiger partial charge in [0.25, 0.3) is 0 Å².